The number of nitrogens with one attached hydrogen (secondary N) is 1. The van der Waals surface area contributed by atoms with Crippen LogP contribution in [0.1, 0.15) is 18.4 Å². The fourth-order valence-corrected chi connectivity index (χ4v) is 2.42. The maximum Gasteiger partial charge on any atom is 0.129 e. The Morgan fingerprint density at radius 3 is 2.89 bits per heavy atom. The number of hydrogen-bond acceptors (Lipinski definition) is 2. The van der Waals surface area contributed by atoms with Gasteiger partial charge < -0.3 is 10.2 Å². The molecule has 0 bridgehead atoms. The highest BCUT2D eigenvalue weighted by molar-refractivity contribution is 5.18. The second kappa shape index (κ2) is 6.25. The zero-order valence-corrected chi connectivity index (χ0v) is 10.8. The predicted molar refractivity (Wildman–Crippen MR) is 68.6 cm³/mol. The summed E-state index contributed by atoms with van der Waals surface area (Å²) in [6.45, 7) is 2.88. The predicted octanol–water partition coefficient (Wildman–Crippen LogP) is 2.19. The van der Waals surface area contributed by atoms with Crippen LogP contribution < -0.4 is 5.32 Å². The summed E-state index contributed by atoms with van der Waals surface area (Å²) < 4.78 is 26.2. The van der Waals surface area contributed by atoms with Gasteiger partial charge in [-0.3, -0.25) is 0 Å². The van der Waals surface area contributed by atoms with Crippen molar-refractivity contribution in [2.75, 3.05) is 26.7 Å². The van der Waals surface area contributed by atoms with E-state index in [0.717, 1.165) is 25.7 Å². The maximum atomic E-state index is 13.4. The Morgan fingerprint density at radius 1 is 1.39 bits per heavy atom. The Hall–Kier alpha value is -1.00. The molecule has 1 atom stereocenters. The Labute approximate surface area is 107 Å². The fourth-order valence-electron chi connectivity index (χ4n) is 2.42. The van der Waals surface area contributed by atoms with Gasteiger partial charge in [0.25, 0.3) is 0 Å². The van der Waals surface area contributed by atoms with E-state index in [1.54, 1.807) is 0 Å². The van der Waals surface area contributed by atoms with Gasteiger partial charge in [0, 0.05) is 25.2 Å². The molecule has 0 spiro atoms. The second-order valence-corrected chi connectivity index (χ2v) is 5.04. The van der Waals surface area contributed by atoms with E-state index in [9.17, 15) is 8.78 Å². The van der Waals surface area contributed by atoms with Crippen LogP contribution in [0.3, 0.4) is 0 Å². The van der Waals surface area contributed by atoms with Gasteiger partial charge >= 0.3 is 0 Å². The minimum atomic E-state index is -0.514. The maximum absolute atomic E-state index is 13.4. The highest BCUT2D eigenvalue weighted by Gasteiger charge is 2.15. The van der Waals surface area contributed by atoms with Gasteiger partial charge in [0.1, 0.15) is 11.6 Å². The highest BCUT2D eigenvalue weighted by Crippen LogP contribution is 2.11. The van der Waals surface area contributed by atoms with Crippen molar-refractivity contribution in [2.45, 2.75) is 25.3 Å². The van der Waals surface area contributed by atoms with Crippen molar-refractivity contribution in [2.24, 2.45) is 0 Å². The first-order chi connectivity index (χ1) is 8.65. The summed E-state index contributed by atoms with van der Waals surface area (Å²) in [7, 11) is 2.04. The Bertz CT molecular complexity index is 389. The van der Waals surface area contributed by atoms with Gasteiger partial charge in [-0.2, -0.15) is 0 Å². The summed E-state index contributed by atoms with van der Waals surface area (Å²) >= 11 is 0. The number of benzene rings is 1. The van der Waals surface area contributed by atoms with Crippen LogP contribution >= 0.6 is 0 Å². The zero-order chi connectivity index (χ0) is 13.0. The molecule has 2 rings (SSSR count). The molecule has 1 aliphatic rings. The van der Waals surface area contributed by atoms with Gasteiger partial charge in [-0.05, 0) is 44.5 Å². The van der Waals surface area contributed by atoms with Gasteiger partial charge in [-0.1, -0.05) is 6.07 Å². The van der Waals surface area contributed by atoms with Crippen molar-refractivity contribution in [3.63, 3.8) is 0 Å². The fraction of sp³-hybridized carbons (Fsp3) is 0.571. The lowest BCUT2D eigenvalue weighted by Gasteiger charge is -2.21. The summed E-state index contributed by atoms with van der Waals surface area (Å²) in [5.41, 5.74) is 0.586. The minimum Gasteiger partial charge on any atom is -0.313 e. The van der Waals surface area contributed by atoms with E-state index in [0.29, 0.717) is 18.0 Å². The molecule has 0 aromatic heterocycles. The van der Waals surface area contributed by atoms with Crippen molar-refractivity contribution in [3.05, 3.63) is 35.4 Å². The van der Waals surface area contributed by atoms with Crippen LogP contribution in [0.2, 0.25) is 0 Å². The smallest absolute Gasteiger partial charge is 0.129 e. The van der Waals surface area contributed by atoms with Gasteiger partial charge in [-0.15, -0.1) is 0 Å². The van der Waals surface area contributed by atoms with Gasteiger partial charge in [0.2, 0.25) is 0 Å². The van der Waals surface area contributed by atoms with Crippen LogP contribution in [0.25, 0.3) is 0 Å². The van der Waals surface area contributed by atoms with E-state index >= 15 is 0 Å². The summed E-state index contributed by atoms with van der Waals surface area (Å²) in [6.07, 6.45) is 3.08. The van der Waals surface area contributed by atoms with Crippen molar-refractivity contribution >= 4 is 0 Å². The van der Waals surface area contributed by atoms with Crippen LogP contribution in [0.4, 0.5) is 8.78 Å². The standard InChI is InChI=1S/C14H20F2N2/c1-18(10-13-3-2-7-17-13)8-6-11-4-5-12(15)9-14(11)16/h4-5,9,13,17H,2-3,6-8,10H2,1H3. The van der Waals surface area contributed by atoms with Crippen molar-refractivity contribution in [1.29, 1.82) is 0 Å². The minimum absolute atomic E-state index is 0.442. The van der Waals surface area contributed by atoms with E-state index in [1.165, 1.54) is 25.0 Å². The summed E-state index contributed by atoms with van der Waals surface area (Å²) in [6, 6.07) is 4.37. The molecule has 1 aromatic rings. The van der Waals surface area contributed by atoms with Crippen LogP contribution in [-0.4, -0.2) is 37.6 Å². The molecule has 1 heterocycles. The molecule has 1 aliphatic heterocycles. The average Bonchev–Trinajstić information content (AvgIpc) is 2.80. The van der Waals surface area contributed by atoms with E-state index in [2.05, 4.69) is 10.2 Å². The summed E-state index contributed by atoms with van der Waals surface area (Å²) in [5.74, 6) is -0.956. The van der Waals surface area contributed by atoms with Crippen LogP contribution in [0.15, 0.2) is 18.2 Å². The monoisotopic (exact) mass is 254 g/mol. The lowest BCUT2D eigenvalue weighted by Crippen LogP contribution is -2.36. The Balaban J connectivity index is 1.79. The van der Waals surface area contributed by atoms with E-state index in [1.807, 2.05) is 7.05 Å². The molecule has 1 unspecified atom stereocenters. The molecule has 0 radical (unpaired) electrons. The number of likely N-dealkylation sites (N-methyl/N-ethyl adjacent to an activating group) is 1. The van der Waals surface area contributed by atoms with E-state index in [-0.39, 0.29) is 0 Å². The number of rotatable bonds is 5. The third kappa shape index (κ3) is 3.75. The second-order valence-electron chi connectivity index (χ2n) is 5.04. The lowest BCUT2D eigenvalue weighted by molar-refractivity contribution is 0.302. The molecule has 0 aliphatic carbocycles. The molecular formula is C14H20F2N2. The van der Waals surface area contributed by atoms with Crippen molar-refractivity contribution < 1.29 is 8.78 Å². The zero-order valence-electron chi connectivity index (χ0n) is 10.8. The molecule has 18 heavy (non-hydrogen) atoms. The molecule has 1 aromatic carbocycles. The number of nitrogens with zero attached hydrogens (tertiary/aromatic N) is 1. The van der Waals surface area contributed by atoms with Crippen LogP contribution in [-0.2, 0) is 6.42 Å². The van der Waals surface area contributed by atoms with Crippen LogP contribution in [0, 0.1) is 11.6 Å². The summed E-state index contributed by atoms with van der Waals surface area (Å²) in [4.78, 5) is 2.20. The highest BCUT2D eigenvalue weighted by atomic mass is 19.1. The number of hydrogen-bond donors (Lipinski definition) is 1. The SMILES string of the molecule is CN(CCc1ccc(F)cc1F)CC1CCCN1. The molecule has 0 saturated carbocycles. The lowest BCUT2D eigenvalue weighted by atomic mass is 10.1. The molecular weight excluding hydrogens is 234 g/mol. The van der Waals surface area contributed by atoms with Gasteiger partial charge in [-0.25, -0.2) is 8.78 Å². The topological polar surface area (TPSA) is 15.3 Å². The van der Waals surface area contributed by atoms with E-state index in [4.69, 9.17) is 0 Å². The van der Waals surface area contributed by atoms with Crippen molar-refractivity contribution in [1.82, 2.24) is 10.2 Å². The van der Waals surface area contributed by atoms with Gasteiger partial charge in [0.15, 0.2) is 0 Å². The van der Waals surface area contributed by atoms with Crippen LogP contribution in [0.5, 0.6) is 0 Å². The first-order valence-corrected chi connectivity index (χ1v) is 6.51. The molecule has 1 saturated heterocycles. The number of halogens is 2. The summed E-state index contributed by atoms with van der Waals surface area (Å²) in [5, 5.41) is 3.44. The Morgan fingerprint density at radius 2 is 2.22 bits per heavy atom. The molecule has 1 N–H and O–H groups in total. The average molecular weight is 254 g/mol. The largest absolute Gasteiger partial charge is 0.313 e. The molecule has 0 amide bonds. The quantitative estimate of drug-likeness (QED) is 0.866. The molecule has 1 fully saturated rings. The molecule has 2 nitrogen and oxygen atoms in total. The first-order valence-electron chi connectivity index (χ1n) is 6.51. The molecule has 100 valence electrons. The van der Waals surface area contributed by atoms with Gasteiger partial charge in [0.05, 0.1) is 0 Å². The third-order valence-corrected chi connectivity index (χ3v) is 3.47. The molecule has 4 heteroatoms. The first kappa shape index (κ1) is 13.4. The van der Waals surface area contributed by atoms with E-state index < -0.39 is 11.6 Å². The third-order valence-electron chi connectivity index (χ3n) is 3.47. The normalized spacial score (nSPS) is 19.7. The Kier molecular flexibility index (Phi) is 4.66. The van der Waals surface area contributed by atoms with Crippen molar-refractivity contribution in [3.8, 4) is 0 Å².